The molecule has 0 aliphatic carbocycles. The Hall–Kier alpha value is -2.00. The SMILES string of the molecule is C.CCOC(=NC(=O)c1ccc(Br)cc1)c1ccc(Br)cc1.NNc1ccc(Br)cc1. The first kappa shape index (κ1) is 27.0. The third-order valence-electron chi connectivity index (χ3n) is 3.68. The number of hydrogen-bond acceptors (Lipinski definition) is 4. The van der Waals surface area contributed by atoms with Crippen molar-refractivity contribution < 1.29 is 9.53 Å². The van der Waals surface area contributed by atoms with Crippen LogP contribution in [0.2, 0.25) is 0 Å². The van der Waals surface area contributed by atoms with Crippen molar-refractivity contribution in [2.45, 2.75) is 14.4 Å². The van der Waals surface area contributed by atoms with Gasteiger partial charge in [0.1, 0.15) is 0 Å². The van der Waals surface area contributed by atoms with Crippen LogP contribution in [-0.4, -0.2) is 18.4 Å². The fraction of sp³-hybridized carbons (Fsp3) is 0.130. The topological polar surface area (TPSA) is 76.7 Å². The van der Waals surface area contributed by atoms with Gasteiger partial charge in [0.05, 0.1) is 6.61 Å². The van der Waals surface area contributed by atoms with Gasteiger partial charge in [0.15, 0.2) is 0 Å². The van der Waals surface area contributed by atoms with Crippen LogP contribution in [0.4, 0.5) is 5.69 Å². The number of ether oxygens (including phenoxy) is 1. The van der Waals surface area contributed by atoms with Gasteiger partial charge in [-0.25, -0.2) is 0 Å². The fourth-order valence-electron chi connectivity index (χ4n) is 2.20. The Labute approximate surface area is 208 Å². The number of benzene rings is 3. The van der Waals surface area contributed by atoms with E-state index in [1.54, 1.807) is 12.1 Å². The van der Waals surface area contributed by atoms with Gasteiger partial charge in [0.25, 0.3) is 5.91 Å². The maximum Gasteiger partial charge on any atom is 0.280 e. The lowest BCUT2D eigenvalue weighted by atomic mass is 10.2. The molecule has 0 radical (unpaired) electrons. The van der Waals surface area contributed by atoms with Crippen molar-refractivity contribution in [3.63, 3.8) is 0 Å². The van der Waals surface area contributed by atoms with Crippen molar-refractivity contribution in [2.24, 2.45) is 10.8 Å². The van der Waals surface area contributed by atoms with Crippen molar-refractivity contribution in [1.29, 1.82) is 0 Å². The molecule has 0 heterocycles. The van der Waals surface area contributed by atoms with E-state index in [1.165, 1.54) is 0 Å². The quantitative estimate of drug-likeness (QED) is 0.141. The van der Waals surface area contributed by atoms with Crippen LogP contribution in [0.1, 0.15) is 30.3 Å². The highest BCUT2D eigenvalue weighted by Crippen LogP contribution is 2.15. The van der Waals surface area contributed by atoms with E-state index in [0.717, 1.165) is 24.7 Å². The van der Waals surface area contributed by atoms with Crippen molar-refractivity contribution in [2.75, 3.05) is 12.0 Å². The molecule has 0 atom stereocenters. The summed E-state index contributed by atoms with van der Waals surface area (Å²) in [6.07, 6.45) is 0. The Morgan fingerprint density at radius 2 is 1.26 bits per heavy atom. The number of nitrogens with two attached hydrogens (primary N) is 1. The largest absolute Gasteiger partial charge is 0.477 e. The highest BCUT2D eigenvalue weighted by atomic mass is 79.9. The Kier molecular flexibility index (Phi) is 12.3. The first-order valence-corrected chi connectivity index (χ1v) is 11.3. The molecule has 0 aliphatic heterocycles. The average Bonchev–Trinajstić information content (AvgIpc) is 2.75. The molecule has 0 aromatic heterocycles. The number of hydrogen-bond donors (Lipinski definition) is 2. The number of amides is 1. The second-order valence-corrected chi connectivity index (χ2v) is 8.57. The molecule has 0 saturated heterocycles. The van der Waals surface area contributed by atoms with Gasteiger partial charge in [-0.1, -0.05) is 55.2 Å². The minimum atomic E-state index is -0.325. The average molecular weight is 614 g/mol. The second-order valence-electron chi connectivity index (χ2n) is 5.82. The van der Waals surface area contributed by atoms with Gasteiger partial charge in [0.2, 0.25) is 5.90 Å². The van der Waals surface area contributed by atoms with Crippen LogP contribution >= 0.6 is 47.8 Å². The fourth-order valence-corrected chi connectivity index (χ4v) is 3.00. The molecule has 164 valence electrons. The number of halogens is 3. The van der Waals surface area contributed by atoms with Gasteiger partial charge in [0, 0.05) is 30.2 Å². The zero-order valence-corrected chi connectivity index (χ0v) is 20.9. The van der Waals surface area contributed by atoms with Crippen molar-refractivity contribution in [3.05, 3.63) is 97.3 Å². The van der Waals surface area contributed by atoms with Crippen molar-refractivity contribution in [3.8, 4) is 0 Å². The Bertz CT molecular complexity index is 974. The lowest BCUT2D eigenvalue weighted by Gasteiger charge is -2.07. The van der Waals surface area contributed by atoms with Gasteiger partial charge >= 0.3 is 0 Å². The zero-order chi connectivity index (χ0) is 21.9. The summed E-state index contributed by atoms with van der Waals surface area (Å²) in [6, 6.07) is 22.2. The first-order valence-electron chi connectivity index (χ1n) is 8.92. The van der Waals surface area contributed by atoms with Crippen LogP contribution in [0, 0.1) is 0 Å². The van der Waals surface area contributed by atoms with E-state index in [2.05, 4.69) is 58.2 Å². The van der Waals surface area contributed by atoms with E-state index in [0.29, 0.717) is 18.1 Å². The number of nitrogens with one attached hydrogen (secondary N) is 1. The number of anilines is 1. The van der Waals surface area contributed by atoms with E-state index >= 15 is 0 Å². The summed E-state index contributed by atoms with van der Waals surface area (Å²) < 4.78 is 8.42. The van der Waals surface area contributed by atoms with Crippen LogP contribution in [0.5, 0.6) is 0 Å². The zero-order valence-electron chi connectivity index (χ0n) is 16.1. The molecule has 5 nitrogen and oxygen atoms in total. The molecule has 31 heavy (non-hydrogen) atoms. The second kappa shape index (κ2) is 14.1. The predicted molar refractivity (Wildman–Crippen MR) is 139 cm³/mol. The molecule has 3 aromatic carbocycles. The van der Waals surface area contributed by atoms with E-state index in [9.17, 15) is 4.79 Å². The lowest BCUT2D eigenvalue weighted by molar-refractivity contribution is 0.0999. The summed E-state index contributed by atoms with van der Waals surface area (Å²) in [4.78, 5) is 16.3. The number of hydrazine groups is 1. The number of rotatable bonds is 4. The number of aliphatic imine (C=N–C) groups is 1. The summed E-state index contributed by atoms with van der Waals surface area (Å²) in [6.45, 7) is 2.31. The summed E-state index contributed by atoms with van der Waals surface area (Å²) in [5.41, 5.74) is 4.74. The smallest absolute Gasteiger partial charge is 0.280 e. The molecule has 3 aromatic rings. The lowest BCUT2D eigenvalue weighted by Crippen LogP contribution is -2.10. The molecule has 1 amide bonds. The molecule has 0 spiro atoms. The maximum atomic E-state index is 12.2. The number of carbonyl (C=O) groups is 1. The van der Waals surface area contributed by atoms with Crippen LogP contribution in [-0.2, 0) is 4.74 Å². The predicted octanol–water partition coefficient (Wildman–Crippen LogP) is 7.21. The number of carbonyl (C=O) groups excluding carboxylic acids is 1. The monoisotopic (exact) mass is 611 g/mol. The third-order valence-corrected chi connectivity index (χ3v) is 5.26. The van der Waals surface area contributed by atoms with Crippen molar-refractivity contribution in [1.82, 2.24) is 0 Å². The van der Waals surface area contributed by atoms with Gasteiger partial charge < -0.3 is 10.2 Å². The molecule has 0 saturated carbocycles. The Morgan fingerprint density at radius 3 is 1.68 bits per heavy atom. The number of nitrogen functional groups attached to an aromatic ring is 1. The summed E-state index contributed by atoms with van der Waals surface area (Å²) >= 11 is 10.0. The van der Waals surface area contributed by atoms with E-state index in [1.807, 2.05) is 67.6 Å². The third kappa shape index (κ3) is 9.35. The molecule has 8 heteroatoms. The van der Waals surface area contributed by atoms with Crippen LogP contribution in [0.15, 0.2) is 91.2 Å². The van der Waals surface area contributed by atoms with Crippen molar-refractivity contribution >= 4 is 65.3 Å². The van der Waals surface area contributed by atoms with Gasteiger partial charge in [-0.2, -0.15) is 4.99 Å². The molecular formula is C23H24Br3N3O2. The molecule has 0 unspecified atom stereocenters. The van der Waals surface area contributed by atoms with Gasteiger partial charge in [-0.15, -0.1) is 0 Å². The molecule has 0 bridgehead atoms. The highest BCUT2D eigenvalue weighted by molar-refractivity contribution is 9.11. The summed E-state index contributed by atoms with van der Waals surface area (Å²) in [5.74, 6) is 5.14. The minimum absolute atomic E-state index is 0. The highest BCUT2D eigenvalue weighted by Gasteiger charge is 2.10. The Morgan fingerprint density at radius 1 is 0.839 bits per heavy atom. The summed E-state index contributed by atoms with van der Waals surface area (Å²) in [7, 11) is 0. The maximum absolute atomic E-state index is 12.2. The minimum Gasteiger partial charge on any atom is -0.477 e. The van der Waals surface area contributed by atoms with Crippen LogP contribution in [0.25, 0.3) is 0 Å². The van der Waals surface area contributed by atoms with E-state index in [4.69, 9.17) is 10.6 Å². The van der Waals surface area contributed by atoms with Crippen LogP contribution in [0.3, 0.4) is 0 Å². The standard InChI is InChI=1S/C16H13Br2NO2.C6H7BrN2.CH4/c1-2-21-16(12-5-9-14(18)10-6-12)19-15(20)11-3-7-13(17)8-4-11;7-5-1-3-6(9-8)4-2-5;/h3-10H,2H2,1H3;1-4,9H,8H2;1H4. The normalized spacial score (nSPS) is 10.3. The molecule has 3 rings (SSSR count). The van der Waals surface area contributed by atoms with Gasteiger partial charge in [-0.3, -0.25) is 10.6 Å². The number of nitrogens with zero attached hydrogens (tertiary/aromatic N) is 1. The first-order chi connectivity index (χ1) is 14.4. The molecule has 3 N–H and O–H groups in total. The van der Waals surface area contributed by atoms with Crippen LogP contribution < -0.4 is 11.3 Å². The summed E-state index contributed by atoms with van der Waals surface area (Å²) in [5, 5.41) is 0. The van der Waals surface area contributed by atoms with E-state index in [-0.39, 0.29) is 13.3 Å². The Balaban J connectivity index is 0.000000404. The van der Waals surface area contributed by atoms with Gasteiger partial charge in [-0.05, 0) is 79.7 Å². The molecular weight excluding hydrogens is 590 g/mol. The van der Waals surface area contributed by atoms with E-state index < -0.39 is 0 Å². The molecule has 0 fully saturated rings. The molecule has 0 aliphatic rings.